The summed E-state index contributed by atoms with van der Waals surface area (Å²) in [5, 5.41) is 45.2. The first-order chi connectivity index (χ1) is 31.3. The van der Waals surface area contributed by atoms with E-state index in [1.807, 2.05) is 46.6 Å². The van der Waals surface area contributed by atoms with Crippen molar-refractivity contribution in [1.29, 1.82) is 0 Å². The molecule has 5 rings (SSSR count). The molecule has 0 saturated carbocycles. The largest absolute Gasteiger partial charge is 0.459 e. The van der Waals surface area contributed by atoms with Crippen LogP contribution in [-0.2, 0) is 51.2 Å². The molecule has 2 aromatic rings. The Kier molecular flexibility index (Phi) is 18.3. The van der Waals surface area contributed by atoms with Gasteiger partial charge in [0.15, 0.2) is 16.1 Å². The Morgan fingerprint density at radius 1 is 1.12 bits per heavy atom. The van der Waals surface area contributed by atoms with E-state index in [-0.39, 0.29) is 30.4 Å². The van der Waals surface area contributed by atoms with Crippen molar-refractivity contribution in [3.05, 3.63) is 53.9 Å². The summed E-state index contributed by atoms with van der Waals surface area (Å²) in [7, 11) is -1.48. The van der Waals surface area contributed by atoms with Gasteiger partial charge in [-0.2, -0.15) is 0 Å². The van der Waals surface area contributed by atoms with Crippen molar-refractivity contribution < 1.29 is 56.7 Å². The van der Waals surface area contributed by atoms with Gasteiger partial charge in [0, 0.05) is 55.9 Å². The molecule has 3 aliphatic rings. The summed E-state index contributed by atoms with van der Waals surface area (Å²) in [6, 6.07) is 5.23. The number of aliphatic imine (C=N–C) groups is 1. The van der Waals surface area contributed by atoms with Crippen LogP contribution >= 0.6 is 0 Å². The standard InChI is InChI=1S/C49H76FN5O11S/c1-13-41-49(10,60)39-19-14-28(2)27-63-48(9,24-29(3)42(31(39)5)51-34(8)56)45(32(6)43(57)33(7)46(59)65-41)66-47-44(58)40(22-30(4)64-47)54(11)21-20-36-26-55(53-52-36)37(25-50)23-35-15-17-38(18-16-35)67(12,61)62/h15-18,26,29-33,37,39-41,43-45,47,57-58,60H,2,13-14,19-25,27H2,1,3-12H3/b51-42+/t29-,30-,31-,32+,33-,37+,39-,40+,41-,43+,44-,45-,47+,48-,49+/m1/s1. The molecule has 0 radical (unpaired) electrons. The first-order valence-corrected chi connectivity index (χ1v) is 25.7. The maximum atomic E-state index is 14.4. The number of carbonyl (C=O) groups is 2. The summed E-state index contributed by atoms with van der Waals surface area (Å²) >= 11 is 0. The van der Waals surface area contributed by atoms with Crippen molar-refractivity contribution in [3.8, 4) is 0 Å². The lowest BCUT2D eigenvalue weighted by Crippen LogP contribution is -2.60. The number of hydrogen-bond acceptors (Lipinski definition) is 14. The van der Waals surface area contributed by atoms with Crippen LogP contribution in [0, 0.1) is 29.6 Å². The van der Waals surface area contributed by atoms with Crippen LogP contribution in [-0.4, -0.2) is 148 Å². The number of cyclic esters (lactones) is 1. The predicted octanol–water partition coefficient (Wildman–Crippen LogP) is 5.27. The summed E-state index contributed by atoms with van der Waals surface area (Å²) in [5.74, 6) is -4.33. The second-order valence-corrected chi connectivity index (χ2v) is 22.2. The van der Waals surface area contributed by atoms with Crippen LogP contribution in [0.5, 0.6) is 0 Å². The summed E-state index contributed by atoms with van der Waals surface area (Å²) in [4.78, 5) is 33.6. The van der Waals surface area contributed by atoms with Crippen LogP contribution in [0.2, 0.25) is 0 Å². The number of fused-ring (bicyclic) bond motifs is 5. The van der Waals surface area contributed by atoms with Crippen molar-refractivity contribution in [2.24, 2.45) is 34.6 Å². The number of aliphatic hydroxyl groups excluding tert-OH is 2. The van der Waals surface area contributed by atoms with E-state index in [9.17, 15) is 37.7 Å². The van der Waals surface area contributed by atoms with E-state index in [1.165, 1.54) is 23.7 Å². The Bertz CT molecular complexity index is 2150. The Morgan fingerprint density at radius 3 is 2.40 bits per heavy atom. The molecule has 2 bridgehead atoms. The minimum atomic E-state index is -3.36. The molecule has 0 spiro atoms. The van der Waals surface area contributed by atoms with Crippen molar-refractivity contribution in [2.75, 3.05) is 33.1 Å². The average molecular weight is 962 g/mol. The Balaban J connectivity index is 1.43. The van der Waals surface area contributed by atoms with Gasteiger partial charge in [-0.1, -0.05) is 57.2 Å². The molecule has 1 aromatic carbocycles. The van der Waals surface area contributed by atoms with E-state index in [0.29, 0.717) is 50.1 Å². The molecule has 16 nitrogen and oxygen atoms in total. The number of ether oxygens (including phenoxy) is 4. The fourth-order valence-corrected chi connectivity index (χ4v) is 11.2. The quantitative estimate of drug-likeness (QED) is 0.183. The van der Waals surface area contributed by atoms with Crippen LogP contribution < -0.4 is 0 Å². The third-order valence-corrected chi connectivity index (χ3v) is 15.8. The fourth-order valence-electron chi connectivity index (χ4n) is 10.6. The molecular formula is C49H76FN5O11S. The maximum absolute atomic E-state index is 14.4. The van der Waals surface area contributed by atoms with Gasteiger partial charge in [0.2, 0.25) is 5.91 Å². The van der Waals surface area contributed by atoms with Crippen LogP contribution in [0.1, 0.15) is 112 Å². The molecule has 3 saturated heterocycles. The molecule has 0 unspecified atom stereocenters. The maximum Gasteiger partial charge on any atom is 0.311 e. The van der Waals surface area contributed by atoms with Gasteiger partial charge >= 0.3 is 5.97 Å². The molecule has 18 heteroatoms. The number of carbonyl (C=O) groups excluding carboxylic acids is 2. The minimum absolute atomic E-state index is 0.113. The zero-order valence-electron chi connectivity index (χ0n) is 41.3. The number of amides is 1. The fraction of sp³-hybridized carbons (Fsp3) is 0.735. The van der Waals surface area contributed by atoms with E-state index in [1.54, 1.807) is 39.1 Å². The lowest BCUT2D eigenvalue weighted by atomic mass is 9.68. The number of esters is 1. The van der Waals surface area contributed by atoms with Crippen molar-refractivity contribution in [3.63, 3.8) is 0 Å². The zero-order valence-corrected chi connectivity index (χ0v) is 42.1. The third-order valence-electron chi connectivity index (χ3n) is 14.6. The first kappa shape index (κ1) is 54.5. The van der Waals surface area contributed by atoms with E-state index in [0.717, 1.165) is 17.4 Å². The summed E-state index contributed by atoms with van der Waals surface area (Å²) in [6.45, 7) is 20.1. The molecule has 67 heavy (non-hydrogen) atoms. The molecule has 3 fully saturated rings. The monoisotopic (exact) mass is 962 g/mol. The average Bonchev–Trinajstić information content (AvgIpc) is 3.74. The number of benzene rings is 1. The van der Waals surface area contributed by atoms with Crippen LogP contribution in [0.15, 0.2) is 52.5 Å². The number of hydrogen-bond donors (Lipinski definition) is 3. The molecule has 4 heterocycles. The molecule has 1 aromatic heterocycles. The van der Waals surface area contributed by atoms with Crippen molar-refractivity contribution in [2.45, 2.75) is 172 Å². The highest BCUT2D eigenvalue weighted by atomic mass is 32.2. The van der Waals surface area contributed by atoms with E-state index < -0.39 is 112 Å². The van der Waals surface area contributed by atoms with Gasteiger partial charge < -0.3 is 39.2 Å². The normalized spacial score (nSPS) is 36.2. The second kappa shape index (κ2) is 22.5. The number of aliphatic hydroxyl groups is 3. The van der Waals surface area contributed by atoms with Gasteiger partial charge in [0.25, 0.3) is 0 Å². The van der Waals surface area contributed by atoms with Crippen molar-refractivity contribution in [1.82, 2.24) is 19.9 Å². The lowest BCUT2D eigenvalue weighted by molar-refractivity contribution is -0.303. The molecule has 0 aliphatic carbocycles. The number of likely N-dealkylation sites (N-methyl/N-ethyl adjacent to an activating group) is 1. The van der Waals surface area contributed by atoms with Gasteiger partial charge in [0.1, 0.15) is 24.5 Å². The van der Waals surface area contributed by atoms with Gasteiger partial charge in [0.05, 0.1) is 53.1 Å². The van der Waals surface area contributed by atoms with E-state index in [4.69, 9.17) is 18.9 Å². The Hall–Kier alpha value is -3.49. The van der Waals surface area contributed by atoms with Crippen LogP contribution in [0.4, 0.5) is 4.39 Å². The van der Waals surface area contributed by atoms with Gasteiger partial charge in [-0.15, -0.1) is 5.10 Å². The first-order valence-electron chi connectivity index (χ1n) is 23.8. The number of sulfone groups is 1. The highest BCUT2D eigenvalue weighted by Crippen LogP contribution is 2.43. The van der Waals surface area contributed by atoms with Crippen molar-refractivity contribution >= 4 is 27.4 Å². The number of rotatable bonds is 12. The second-order valence-electron chi connectivity index (χ2n) is 20.2. The van der Waals surface area contributed by atoms with E-state index >= 15 is 0 Å². The Morgan fingerprint density at radius 2 is 1.79 bits per heavy atom. The van der Waals surface area contributed by atoms with Gasteiger partial charge in [-0.25, -0.2) is 22.5 Å². The molecule has 1 amide bonds. The molecular weight excluding hydrogens is 886 g/mol. The number of aromatic nitrogens is 3. The van der Waals surface area contributed by atoms with Crippen LogP contribution in [0.3, 0.4) is 0 Å². The van der Waals surface area contributed by atoms with Crippen LogP contribution in [0.25, 0.3) is 0 Å². The zero-order chi connectivity index (χ0) is 49.8. The number of nitrogens with zero attached hydrogens (tertiary/aromatic N) is 5. The summed E-state index contributed by atoms with van der Waals surface area (Å²) < 4.78 is 65.9. The predicted molar refractivity (Wildman–Crippen MR) is 251 cm³/mol. The lowest BCUT2D eigenvalue weighted by Gasteiger charge is -2.49. The number of alkyl halides is 1. The van der Waals surface area contributed by atoms with E-state index in [2.05, 4.69) is 21.9 Å². The number of halogens is 1. The topological polar surface area (TPSA) is 212 Å². The molecule has 3 aliphatic heterocycles. The third kappa shape index (κ3) is 13.0. The molecule has 3 N–H and O–H groups in total. The summed E-state index contributed by atoms with van der Waals surface area (Å²) in [6.07, 6.45) is -0.648. The Labute approximate surface area is 396 Å². The SMILES string of the molecule is C=C1CC[C@@H]2[C@@H](C)/C(=N/C(C)=O)[C@H](C)C[C@@](C)(OC1)[C@H](O[C@@H]1O[C@H](C)C[C@H](N(C)CCc3cn([C@H](CF)Cc4ccc(S(C)(=O)=O)cc4)nn3)[C@H]1O)[C@@H](C)[C@H](O)[C@@H](C)C(=O)O[C@H](CC)[C@@]2(C)O. The van der Waals surface area contributed by atoms with Gasteiger partial charge in [-0.05, 0) is 103 Å². The highest BCUT2D eigenvalue weighted by molar-refractivity contribution is 7.90. The smallest absolute Gasteiger partial charge is 0.311 e. The highest BCUT2D eigenvalue weighted by Gasteiger charge is 2.52. The molecule has 15 atom stereocenters. The summed E-state index contributed by atoms with van der Waals surface area (Å²) in [5.41, 5.74) is -0.114. The minimum Gasteiger partial charge on any atom is -0.459 e. The molecule has 376 valence electrons. The van der Waals surface area contributed by atoms with Gasteiger partial charge in [-0.3, -0.25) is 9.59 Å².